The first-order valence-electron chi connectivity index (χ1n) is 10.1. The summed E-state index contributed by atoms with van der Waals surface area (Å²) in [6.07, 6.45) is 0. The van der Waals surface area contributed by atoms with Gasteiger partial charge in [0.25, 0.3) is 11.5 Å². The molecule has 31 heavy (non-hydrogen) atoms. The van der Waals surface area contributed by atoms with Gasteiger partial charge < -0.3 is 10.1 Å². The molecule has 156 valence electrons. The molecule has 0 fully saturated rings. The number of nitrogens with zero attached hydrogens (tertiary/aromatic N) is 2. The van der Waals surface area contributed by atoms with Gasteiger partial charge in [0.05, 0.1) is 23.1 Å². The molecule has 0 spiro atoms. The summed E-state index contributed by atoms with van der Waals surface area (Å²) in [4.78, 5) is 29.8. The Hall–Kier alpha value is -3.93. The molecule has 0 aliphatic heterocycles. The van der Waals surface area contributed by atoms with Crippen molar-refractivity contribution in [3.05, 3.63) is 100 Å². The number of ether oxygens (including phenoxy) is 1. The highest BCUT2D eigenvalue weighted by molar-refractivity contribution is 5.94. The van der Waals surface area contributed by atoms with E-state index in [2.05, 4.69) is 10.3 Å². The predicted molar refractivity (Wildman–Crippen MR) is 121 cm³/mol. The number of nitrogens with one attached hydrogen (secondary N) is 1. The highest BCUT2D eigenvalue weighted by Crippen LogP contribution is 2.14. The first-order chi connectivity index (χ1) is 15.0. The third-order valence-corrected chi connectivity index (χ3v) is 5.01. The largest absolute Gasteiger partial charge is 0.492 e. The van der Waals surface area contributed by atoms with E-state index in [1.165, 1.54) is 5.56 Å². The van der Waals surface area contributed by atoms with Crippen LogP contribution in [-0.2, 0) is 0 Å². The fraction of sp³-hybridized carbons (Fsp3) is 0.160. The Labute approximate surface area is 180 Å². The van der Waals surface area contributed by atoms with Crippen molar-refractivity contribution in [3.63, 3.8) is 0 Å². The van der Waals surface area contributed by atoms with E-state index in [0.29, 0.717) is 41.1 Å². The Bertz CT molecular complexity index is 1280. The van der Waals surface area contributed by atoms with Crippen LogP contribution in [-0.4, -0.2) is 28.6 Å². The summed E-state index contributed by atoms with van der Waals surface area (Å²) in [5.41, 5.74) is 2.89. The van der Waals surface area contributed by atoms with Crippen molar-refractivity contribution in [1.82, 2.24) is 14.9 Å². The van der Waals surface area contributed by atoms with Gasteiger partial charge in [0.1, 0.15) is 18.2 Å². The summed E-state index contributed by atoms with van der Waals surface area (Å²) >= 11 is 0. The quantitative estimate of drug-likeness (QED) is 0.488. The smallest absolute Gasteiger partial charge is 0.265 e. The van der Waals surface area contributed by atoms with Gasteiger partial charge in [0.15, 0.2) is 0 Å². The molecule has 3 aromatic carbocycles. The van der Waals surface area contributed by atoms with Gasteiger partial charge in [-0.05, 0) is 62.4 Å². The molecule has 0 unspecified atom stereocenters. The van der Waals surface area contributed by atoms with Gasteiger partial charge >= 0.3 is 0 Å². The Kier molecular flexibility index (Phi) is 5.80. The second-order valence-corrected chi connectivity index (χ2v) is 7.28. The Morgan fingerprint density at radius 3 is 2.42 bits per heavy atom. The highest BCUT2D eigenvalue weighted by Gasteiger charge is 2.11. The topological polar surface area (TPSA) is 73.2 Å². The van der Waals surface area contributed by atoms with Crippen LogP contribution in [0.2, 0.25) is 0 Å². The molecule has 0 saturated heterocycles. The Morgan fingerprint density at radius 1 is 0.968 bits per heavy atom. The lowest BCUT2D eigenvalue weighted by Crippen LogP contribution is -2.28. The average molecular weight is 413 g/mol. The van der Waals surface area contributed by atoms with Gasteiger partial charge in [-0.1, -0.05) is 29.8 Å². The van der Waals surface area contributed by atoms with Crippen LogP contribution < -0.4 is 15.6 Å². The average Bonchev–Trinajstić information content (AvgIpc) is 2.78. The number of aromatic nitrogens is 2. The molecule has 0 aliphatic carbocycles. The minimum atomic E-state index is -0.195. The van der Waals surface area contributed by atoms with Crippen molar-refractivity contribution in [2.24, 2.45) is 0 Å². The maximum absolute atomic E-state index is 12.9. The molecule has 0 aliphatic rings. The van der Waals surface area contributed by atoms with Crippen molar-refractivity contribution < 1.29 is 9.53 Å². The first-order valence-corrected chi connectivity index (χ1v) is 10.1. The van der Waals surface area contributed by atoms with Crippen LogP contribution in [0.3, 0.4) is 0 Å². The van der Waals surface area contributed by atoms with Crippen molar-refractivity contribution >= 4 is 16.8 Å². The maximum Gasteiger partial charge on any atom is 0.265 e. The lowest BCUT2D eigenvalue weighted by atomic mass is 10.2. The van der Waals surface area contributed by atoms with E-state index in [9.17, 15) is 9.59 Å². The summed E-state index contributed by atoms with van der Waals surface area (Å²) in [6.45, 7) is 4.58. The summed E-state index contributed by atoms with van der Waals surface area (Å²) in [6, 6.07) is 21.9. The van der Waals surface area contributed by atoms with Crippen LogP contribution in [0.5, 0.6) is 5.75 Å². The van der Waals surface area contributed by atoms with Crippen molar-refractivity contribution in [1.29, 1.82) is 0 Å². The van der Waals surface area contributed by atoms with E-state index in [1.807, 2.05) is 49.4 Å². The zero-order valence-electron chi connectivity index (χ0n) is 17.5. The number of hydrogen-bond donors (Lipinski definition) is 1. The number of aryl methyl sites for hydroxylation is 2. The zero-order valence-corrected chi connectivity index (χ0v) is 17.5. The molecule has 1 N–H and O–H groups in total. The predicted octanol–water partition coefficient (Wildman–Crippen LogP) is 3.81. The van der Waals surface area contributed by atoms with E-state index in [4.69, 9.17) is 4.74 Å². The normalized spacial score (nSPS) is 10.8. The number of fused-ring (bicyclic) bond motifs is 1. The summed E-state index contributed by atoms with van der Waals surface area (Å²) in [5.74, 6) is 1.17. The molecule has 0 saturated carbocycles. The van der Waals surface area contributed by atoms with E-state index < -0.39 is 0 Å². The van der Waals surface area contributed by atoms with Crippen LogP contribution in [0.25, 0.3) is 16.6 Å². The van der Waals surface area contributed by atoms with Crippen LogP contribution in [0, 0.1) is 13.8 Å². The lowest BCUT2D eigenvalue weighted by Gasteiger charge is -2.12. The molecule has 1 aromatic heterocycles. The zero-order chi connectivity index (χ0) is 21.8. The van der Waals surface area contributed by atoms with Crippen molar-refractivity contribution in [3.8, 4) is 11.4 Å². The Balaban J connectivity index is 1.42. The minimum absolute atomic E-state index is 0.131. The second-order valence-electron chi connectivity index (χ2n) is 7.28. The van der Waals surface area contributed by atoms with Crippen LogP contribution in [0.4, 0.5) is 0 Å². The highest BCUT2D eigenvalue weighted by atomic mass is 16.5. The molecule has 4 aromatic rings. The van der Waals surface area contributed by atoms with Gasteiger partial charge in [-0.15, -0.1) is 0 Å². The number of amides is 1. The monoisotopic (exact) mass is 413 g/mol. The molecule has 6 nitrogen and oxygen atoms in total. The van der Waals surface area contributed by atoms with Crippen molar-refractivity contribution in [2.75, 3.05) is 13.2 Å². The van der Waals surface area contributed by atoms with E-state index in [-0.39, 0.29) is 11.5 Å². The third-order valence-electron chi connectivity index (χ3n) is 5.01. The standard InChI is InChI=1S/C25H23N3O3/c1-17-7-13-21(14-8-17)31-16-15-26-24(29)19-9-11-20(12-10-19)28-18(2)27-23-6-4-3-5-22(23)25(28)30/h3-14H,15-16H2,1-2H3,(H,26,29). The molecular formula is C25H23N3O3. The number of rotatable bonds is 6. The van der Waals surface area contributed by atoms with Crippen LogP contribution >= 0.6 is 0 Å². The second kappa shape index (κ2) is 8.83. The summed E-state index contributed by atoms with van der Waals surface area (Å²) in [7, 11) is 0. The summed E-state index contributed by atoms with van der Waals surface area (Å²) in [5, 5.41) is 3.40. The van der Waals surface area contributed by atoms with Gasteiger partial charge in [-0.25, -0.2) is 4.98 Å². The van der Waals surface area contributed by atoms with Gasteiger partial charge in [-0.2, -0.15) is 0 Å². The number of carbonyl (C=O) groups is 1. The van der Waals surface area contributed by atoms with Crippen LogP contribution in [0.1, 0.15) is 21.7 Å². The lowest BCUT2D eigenvalue weighted by molar-refractivity contribution is 0.0947. The molecule has 1 heterocycles. The number of benzene rings is 3. The molecule has 1 amide bonds. The van der Waals surface area contributed by atoms with Crippen molar-refractivity contribution in [2.45, 2.75) is 13.8 Å². The van der Waals surface area contributed by atoms with Gasteiger partial charge in [0, 0.05) is 5.56 Å². The van der Waals surface area contributed by atoms with Gasteiger partial charge in [-0.3, -0.25) is 14.2 Å². The fourth-order valence-corrected chi connectivity index (χ4v) is 3.38. The van der Waals surface area contributed by atoms with Gasteiger partial charge in [0.2, 0.25) is 0 Å². The van der Waals surface area contributed by atoms with E-state index in [1.54, 1.807) is 41.8 Å². The van der Waals surface area contributed by atoms with E-state index in [0.717, 1.165) is 5.75 Å². The summed E-state index contributed by atoms with van der Waals surface area (Å²) < 4.78 is 7.18. The fourth-order valence-electron chi connectivity index (χ4n) is 3.38. The first kappa shape index (κ1) is 20.3. The molecular weight excluding hydrogens is 390 g/mol. The van der Waals surface area contributed by atoms with E-state index >= 15 is 0 Å². The molecule has 0 radical (unpaired) electrons. The third kappa shape index (κ3) is 4.48. The molecule has 0 atom stereocenters. The Morgan fingerprint density at radius 2 is 1.68 bits per heavy atom. The SMILES string of the molecule is Cc1ccc(OCCNC(=O)c2ccc(-n3c(C)nc4ccccc4c3=O)cc2)cc1. The van der Waals surface area contributed by atoms with Crippen LogP contribution in [0.15, 0.2) is 77.6 Å². The number of para-hydroxylation sites is 1. The molecule has 6 heteroatoms. The number of hydrogen-bond acceptors (Lipinski definition) is 4. The molecule has 0 bridgehead atoms. The number of carbonyl (C=O) groups excluding carboxylic acids is 1. The maximum atomic E-state index is 12.9. The molecule has 4 rings (SSSR count). The minimum Gasteiger partial charge on any atom is -0.492 e.